The number of pyridine rings is 1. The van der Waals surface area contributed by atoms with E-state index in [1.165, 1.54) is 36.8 Å². The highest BCUT2D eigenvalue weighted by Gasteiger charge is 2.40. The first-order chi connectivity index (χ1) is 11.8. The molecular weight excluding hydrogens is 296 g/mol. The van der Waals surface area contributed by atoms with Gasteiger partial charge in [-0.05, 0) is 78.8 Å². The maximum absolute atomic E-state index is 12.3. The molecule has 2 aliphatic carbocycles. The number of amides is 1. The number of hydrogen-bond acceptors (Lipinski definition) is 2. The van der Waals surface area contributed by atoms with Crippen molar-refractivity contribution in [2.45, 2.75) is 38.5 Å². The average Bonchev–Trinajstić information content (AvgIpc) is 3.20. The third kappa shape index (κ3) is 3.50. The second-order valence-electron chi connectivity index (χ2n) is 7.42. The molecule has 0 aliphatic heterocycles. The molecule has 0 radical (unpaired) electrons. The number of rotatable bonds is 5. The second-order valence-corrected chi connectivity index (χ2v) is 7.42. The van der Waals surface area contributed by atoms with Crippen molar-refractivity contribution in [3.8, 4) is 0 Å². The SMILES string of the molecule is O=C(C[C@@H]1C[C@@H]2CC[C@@H]1C2)Nc1ccc(Cc2ccncc2)cc1. The van der Waals surface area contributed by atoms with Gasteiger partial charge >= 0.3 is 0 Å². The molecule has 1 amide bonds. The van der Waals surface area contributed by atoms with Gasteiger partial charge < -0.3 is 5.32 Å². The summed E-state index contributed by atoms with van der Waals surface area (Å²) < 4.78 is 0. The molecule has 4 rings (SSSR count). The molecule has 0 saturated heterocycles. The molecule has 2 fully saturated rings. The van der Waals surface area contributed by atoms with Crippen LogP contribution >= 0.6 is 0 Å². The molecule has 24 heavy (non-hydrogen) atoms. The van der Waals surface area contributed by atoms with E-state index in [9.17, 15) is 4.79 Å². The highest BCUT2D eigenvalue weighted by atomic mass is 16.1. The van der Waals surface area contributed by atoms with E-state index in [1.807, 2.05) is 36.7 Å². The van der Waals surface area contributed by atoms with E-state index in [1.54, 1.807) is 0 Å². The Kier molecular flexibility index (Phi) is 4.33. The van der Waals surface area contributed by atoms with E-state index in [2.05, 4.69) is 22.4 Å². The molecule has 1 aromatic carbocycles. The Balaban J connectivity index is 1.31. The summed E-state index contributed by atoms with van der Waals surface area (Å²) in [6.07, 6.45) is 10.6. The van der Waals surface area contributed by atoms with Crippen molar-refractivity contribution in [3.63, 3.8) is 0 Å². The van der Waals surface area contributed by atoms with Gasteiger partial charge in [-0.1, -0.05) is 18.6 Å². The minimum Gasteiger partial charge on any atom is -0.326 e. The monoisotopic (exact) mass is 320 g/mol. The van der Waals surface area contributed by atoms with Crippen molar-refractivity contribution >= 4 is 11.6 Å². The van der Waals surface area contributed by atoms with Gasteiger partial charge in [0.15, 0.2) is 0 Å². The topological polar surface area (TPSA) is 42.0 Å². The predicted octanol–water partition coefficient (Wildman–Crippen LogP) is 4.44. The quantitative estimate of drug-likeness (QED) is 0.885. The lowest BCUT2D eigenvalue weighted by Gasteiger charge is -2.20. The molecule has 3 atom stereocenters. The van der Waals surface area contributed by atoms with Crippen LogP contribution in [0.4, 0.5) is 5.69 Å². The summed E-state index contributed by atoms with van der Waals surface area (Å²) in [6, 6.07) is 12.3. The molecule has 3 heteroatoms. The number of benzene rings is 1. The molecule has 3 nitrogen and oxygen atoms in total. The molecule has 1 aromatic heterocycles. The van der Waals surface area contributed by atoms with Gasteiger partial charge in [-0.15, -0.1) is 0 Å². The van der Waals surface area contributed by atoms with E-state index in [0.717, 1.165) is 23.9 Å². The fraction of sp³-hybridized carbons (Fsp3) is 0.429. The highest BCUT2D eigenvalue weighted by Crippen LogP contribution is 2.49. The summed E-state index contributed by atoms with van der Waals surface area (Å²) in [5.74, 6) is 2.51. The van der Waals surface area contributed by atoms with Crippen molar-refractivity contribution < 1.29 is 4.79 Å². The van der Waals surface area contributed by atoms with Crippen molar-refractivity contribution in [3.05, 3.63) is 59.9 Å². The molecular formula is C21H24N2O. The summed E-state index contributed by atoms with van der Waals surface area (Å²) in [5.41, 5.74) is 3.40. The van der Waals surface area contributed by atoms with Crippen LogP contribution in [0.3, 0.4) is 0 Å². The number of nitrogens with one attached hydrogen (secondary N) is 1. The number of carbonyl (C=O) groups is 1. The van der Waals surface area contributed by atoms with Gasteiger partial charge in [0.2, 0.25) is 5.91 Å². The van der Waals surface area contributed by atoms with Gasteiger partial charge in [-0.2, -0.15) is 0 Å². The molecule has 124 valence electrons. The van der Waals surface area contributed by atoms with Crippen molar-refractivity contribution in [2.24, 2.45) is 17.8 Å². The minimum absolute atomic E-state index is 0.175. The van der Waals surface area contributed by atoms with Crippen LogP contribution in [0.25, 0.3) is 0 Å². The first-order valence-electron chi connectivity index (χ1n) is 9.04. The number of carbonyl (C=O) groups excluding carboxylic acids is 1. The van der Waals surface area contributed by atoms with E-state index in [-0.39, 0.29) is 5.91 Å². The molecule has 2 aliphatic rings. The zero-order valence-electron chi connectivity index (χ0n) is 13.9. The summed E-state index contributed by atoms with van der Waals surface area (Å²) in [4.78, 5) is 16.3. The Labute approximate surface area is 143 Å². The van der Waals surface area contributed by atoms with Gasteiger partial charge in [-0.25, -0.2) is 0 Å². The number of fused-ring (bicyclic) bond motifs is 2. The molecule has 0 unspecified atom stereocenters. The Morgan fingerprint density at radius 1 is 1.00 bits per heavy atom. The number of hydrogen-bond donors (Lipinski definition) is 1. The first kappa shape index (κ1) is 15.4. The third-order valence-corrected chi connectivity index (χ3v) is 5.73. The lowest BCUT2D eigenvalue weighted by molar-refractivity contribution is -0.117. The third-order valence-electron chi connectivity index (χ3n) is 5.73. The zero-order valence-corrected chi connectivity index (χ0v) is 13.9. The van der Waals surface area contributed by atoms with Crippen LogP contribution in [0.1, 0.15) is 43.2 Å². The van der Waals surface area contributed by atoms with Crippen molar-refractivity contribution in [1.29, 1.82) is 0 Å². The summed E-state index contributed by atoms with van der Waals surface area (Å²) in [5, 5.41) is 3.07. The number of aromatic nitrogens is 1. The van der Waals surface area contributed by atoms with Gasteiger partial charge in [0, 0.05) is 24.5 Å². The fourth-order valence-corrected chi connectivity index (χ4v) is 4.52. The second kappa shape index (κ2) is 6.76. The zero-order chi connectivity index (χ0) is 16.4. The molecule has 0 spiro atoms. The van der Waals surface area contributed by atoms with Crippen LogP contribution in [0.2, 0.25) is 0 Å². The summed E-state index contributed by atoms with van der Waals surface area (Å²) in [7, 11) is 0. The maximum Gasteiger partial charge on any atom is 0.224 e. The highest BCUT2D eigenvalue weighted by molar-refractivity contribution is 5.90. The standard InChI is InChI=1S/C21H24N2O/c24-21(14-19-13-17-1-4-18(19)12-17)23-20-5-2-15(3-6-20)11-16-7-9-22-10-8-16/h2-3,5-10,17-19H,1,4,11-14H2,(H,23,24)/t17-,18-,19+/m1/s1. The van der Waals surface area contributed by atoms with Crippen LogP contribution in [-0.4, -0.2) is 10.9 Å². The van der Waals surface area contributed by atoms with Crippen molar-refractivity contribution in [1.82, 2.24) is 4.98 Å². The lowest BCUT2D eigenvalue weighted by Crippen LogP contribution is -2.20. The molecule has 2 bridgehead atoms. The van der Waals surface area contributed by atoms with Gasteiger partial charge in [0.05, 0.1) is 0 Å². The summed E-state index contributed by atoms with van der Waals surface area (Å²) >= 11 is 0. The fourth-order valence-electron chi connectivity index (χ4n) is 4.52. The van der Waals surface area contributed by atoms with Crippen molar-refractivity contribution in [2.75, 3.05) is 5.32 Å². The van der Waals surface area contributed by atoms with Crippen LogP contribution in [0.5, 0.6) is 0 Å². The van der Waals surface area contributed by atoms with Crippen LogP contribution in [-0.2, 0) is 11.2 Å². The van der Waals surface area contributed by atoms with Crippen LogP contribution in [0, 0.1) is 17.8 Å². The first-order valence-corrected chi connectivity index (χ1v) is 9.04. The lowest BCUT2D eigenvalue weighted by atomic mass is 9.86. The van der Waals surface area contributed by atoms with Crippen LogP contribution < -0.4 is 5.32 Å². The maximum atomic E-state index is 12.3. The molecule has 2 aromatic rings. The van der Waals surface area contributed by atoms with Gasteiger partial charge in [0.25, 0.3) is 0 Å². The normalized spacial score (nSPS) is 24.9. The van der Waals surface area contributed by atoms with Gasteiger partial charge in [0.1, 0.15) is 0 Å². The van der Waals surface area contributed by atoms with E-state index in [4.69, 9.17) is 0 Å². The Morgan fingerprint density at radius 3 is 2.42 bits per heavy atom. The predicted molar refractivity (Wildman–Crippen MR) is 95.7 cm³/mol. The molecule has 1 N–H and O–H groups in total. The number of anilines is 1. The Bertz CT molecular complexity index is 696. The van der Waals surface area contributed by atoms with E-state index >= 15 is 0 Å². The smallest absolute Gasteiger partial charge is 0.224 e. The van der Waals surface area contributed by atoms with E-state index < -0.39 is 0 Å². The average molecular weight is 320 g/mol. The van der Waals surface area contributed by atoms with E-state index in [0.29, 0.717) is 12.3 Å². The number of nitrogens with zero attached hydrogens (tertiary/aromatic N) is 1. The molecule has 2 saturated carbocycles. The largest absolute Gasteiger partial charge is 0.326 e. The van der Waals surface area contributed by atoms with Gasteiger partial charge in [-0.3, -0.25) is 9.78 Å². The Hall–Kier alpha value is -2.16. The molecule has 1 heterocycles. The van der Waals surface area contributed by atoms with Crippen LogP contribution in [0.15, 0.2) is 48.8 Å². The minimum atomic E-state index is 0.175. The summed E-state index contributed by atoms with van der Waals surface area (Å²) in [6.45, 7) is 0. The Morgan fingerprint density at radius 2 is 1.75 bits per heavy atom.